The van der Waals surface area contributed by atoms with Crippen molar-refractivity contribution in [3.63, 3.8) is 0 Å². The van der Waals surface area contributed by atoms with Crippen molar-refractivity contribution in [2.75, 3.05) is 6.54 Å². The standard InChI is InChI=1S/C21H28N4O4/c1-14-16-10-5-6-11-17(16)29-19(14)20(27)25-24-18(26)12-7-13-22-21(28)23-15-8-3-2-4-9-15/h5-6,10-11,15H,2-4,7-9,12-13H2,1H3,(H,24,26)(H,25,27)(H2,22,23,28). The van der Waals surface area contributed by atoms with E-state index in [4.69, 9.17) is 4.42 Å². The molecule has 4 N–H and O–H groups in total. The van der Waals surface area contributed by atoms with Crippen LogP contribution >= 0.6 is 0 Å². The van der Waals surface area contributed by atoms with Gasteiger partial charge in [-0.1, -0.05) is 37.5 Å². The number of benzene rings is 1. The third kappa shape index (κ3) is 5.73. The van der Waals surface area contributed by atoms with E-state index in [9.17, 15) is 14.4 Å². The number of urea groups is 1. The van der Waals surface area contributed by atoms with E-state index in [2.05, 4.69) is 21.5 Å². The van der Waals surface area contributed by atoms with Crippen LogP contribution in [0.3, 0.4) is 0 Å². The number of furan rings is 1. The molecule has 8 nitrogen and oxygen atoms in total. The maximum absolute atomic E-state index is 12.3. The summed E-state index contributed by atoms with van der Waals surface area (Å²) in [5, 5.41) is 6.59. The molecule has 1 aliphatic rings. The molecule has 1 heterocycles. The molecule has 0 aliphatic heterocycles. The van der Waals surface area contributed by atoms with Crippen molar-refractivity contribution in [1.82, 2.24) is 21.5 Å². The number of para-hydroxylation sites is 1. The molecule has 0 spiro atoms. The van der Waals surface area contributed by atoms with Gasteiger partial charge in [0.2, 0.25) is 5.91 Å². The van der Waals surface area contributed by atoms with E-state index in [1.54, 1.807) is 13.0 Å². The predicted octanol–water partition coefficient (Wildman–Crippen LogP) is 2.91. The molecule has 1 aromatic heterocycles. The fourth-order valence-electron chi connectivity index (χ4n) is 3.57. The Morgan fingerprint density at radius 3 is 2.59 bits per heavy atom. The van der Waals surface area contributed by atoms with Gasteiger partial charge in [0.25, 0.3) is 0 Å². The van der Waals surface area contributed by atoms with Crippen molar-refractivity contribution < 1.29 is 18.8 Å². The van der Waals surface area contributed by atoms with Crippen LogP contribution < -0.4 is 21.5 Å². The lowest BCUT2D eigenvalue weighted by Gasteiger charge is -2.22. The maximum atomic E-state index is 12.3. The Morgan fingerprint density at radius 1 is 1.07 bits per heavy atom. The van der Waals surface area contributed by atoms with Crippen LogP contribution in [0.1, 0.15) is 61.1 Å². The second-order valence-electron chi connectivity index (χ2n) is 7.39. The van der Waals surface area contributed by atoms with Crippen LogP contribution in [0, 0.1) is 6.92 Å². The van der Waals surface area contributed by atoms with Gasteiger partial charge in [0.15, 0.2) is 5.76 Å². The third-order valence-corrected chi connectivity index (χ3v) is 5.17. The number of nitrogens with one attached hydrogen (secondary N) is 4. The zero-order chi connectivity index (χ0) is 20.6. The van der Waals surface area contributed by atoms with Crippen molar-refractivity contribution in [2.45, 2.75) is 57.9 Å². The summed E-state index contributed by atoms with van der Waals surface area (Å²) in [5.41, 5.74) is 6.10. The highest BCUT2D eigenvalue weighted by molar-refractivity contribution is 5.99. The van der Waals surface area contributed by atoms with E-state index in [0.29, 0.717) is 18.5 Å². The molecule has 0 bridgehead atoms. The molecule has 1 saturated carbocycles. The summed E-state index contributed by atoms with van der Waals surface area (Å²) in [6.07, 6.45) is 6.27. The molecular formula is C21H28N4O4. The Bertz CT molecular complexity index is 871. The first kappa shape index (κ1) is 20.7. The number of rotatable bonds is 6. The van der Waals surface area contributed by atoms with Crippen LogP contribution in [0.4, 0.5) is 4.79 Å². The Balaban J connectivity index is 1.33. The lowest BCUT2D eigenvalue weighted by atomic mass is 9.96. The highest BCUT2D eigenvalue weighted by Crippen LogP contribution is 2.24. The highest BCUT2D eigenvalue weighted by Gasteiger charge is 2.18. The van der Waals surface area contributed by atoms with Crippen LogP contribution in [-0.2, 0) is 4.79 Å². The summed E-state index contributed by atoms with van der Waals surface area (Å²) in [6, 6.07) is 7.43. The van der Waals surface area contributed by atoms with Gasteiger partial charge in [-0.05, 0) is 32.3 Å². The topological polar surface area (TPSA) is 112 Å². The zero-order valence-corrected chi connectivity index (χ0v) is 16.7. The van der Waals surface area contributed by atoms with Gasteiger partial charge < -0.3 is 15.1 Å². The minimum Gasteiger partial charge on any atom is -0.451 e. The smallest absolute Gasteiger partial charge is 0.315 e. The number of hydrogen-bond donors (Lipinski definition) is 4. The minimum atomic E-state index is -0.503. The van der Waals surface area contributed by atoms with Crippen LogP contribution in [-0.4, -0.2) is 30.4 Å². The van der Waals surface area contributed by atoms with Gasteiger partial charge in [-0.25, -0.2) is 4.79 Å². The summed E-state index contributed by atoms with van der Waals surface area (Å²) in [4.78, 5) is 36.0. The van der Waals surface area contributed by atoms with E-state index in [1.165, 1.54) is 6.42 Å². The number of hydrogen-bond acceptors (Lipinski definition) is 4. The molecule has 0 unspecified atom stereocenters. The van der Waals surface area contributed by atoms with Crippen molar-refractivity contribution in [3.05, 3.63) is 35.6 Å². The van der Waals surface area contributed by atoms with Crippen LogP contribution in [0.25, 0.3) is 11.0 Å². The molecule has 0 atom stereocenters. The van der Waals surface area contributed by atoms with Gasteiger partial charge in [-0.2, -0.15) is 0 Å². The lowest BCUT2D eigenvalue weighted by molar-refractivity contribution is -0.121. The average Bonchev–Trinajstić information content (AvgIpc) is 3.07. The molecule has 4 amide bonds. The number of aryl methyl sites for hydroxylation is 1. The first-order valence-electron chi connectivity index (χ1n) is 10.2. The van der Waals surface area contributed by atoms with Crippen LogP contribution in [0.2, 0.25) is 0 Å². The first-order chi connectivity index (χ1) is 14.0. The summed E-state index contributed by atoms with van der Waals surface area (Å²) in [7, 11) is 0. The predicted molar refractivity (Wildman–Crippen MR) is 109 cm³/mol. The molecule has 1 aromatic carbocycles. The molecule has 8 heteroatoms. The van der Waals surface area contributed by atoms with Gasteiger partial charge in [-0.15, -0.1) is 0 Å². The Kier molecular flexibility index (Phi) is 7.10. The lowest BCUT2D eigenvalue weighted by Crippen LogP contribution is -2.44. The second kappa shape index (κ2) is 9.95. The zero-order valence-electron chi connectivity index (χ0n) is 16.7. The first-order valence-corrected chi connectivity index (χ1v) is 10.2. The largest absolute Gasteiger partial charge is 0.451 e. The maximum Gasteiger partial charge on any atom is 0.315 e. The van der Waals surface area contributed by atoms with Crippen molar-refractivity contribution >= 4 is 28.8 Å². The van der Waals surface area contributed by atoms with Crippen molar-refractivity contribution in [2.24, 2.45) is 0 Å². The van der Waals surface area contributed by atoms with Crippen molar-refractivity contribution in [3.8, 4) is 0 Å². The fourth-order valence-corrected chi connectivity index (χ4v) is 3.57. The SMILES string of the molecule is Cc1c(C(=O)NNC(=O)CCCNC(=O)NC2CCCCC2)oc2ccccc12. The quantitative estimate of drug-likeness (QED) is 0.441. The average molecular weight is 400 g/mol. The molecule has 2 aromatic rings. The van der Waals surface area contributed by atoms with Crippen molar-refractivity contribution in [1.29, 1.82) is 0 Å². The van der Waals surface area contributed by atoms with Gasteiger partial charge in [0.1, 0.15) is 5.58 Å². The number of fused-ring (bicyclic) bond motifs is 1. The summed E-state index contributed by atoms with van der Waals surface area (Å²) < 4.78 is 5.56. The van der Waals surface area contributed by atoms with E-state index in [0.717, 1.165) is 36.6 Å². The van der Waals surface area contributed by atoms with E-state index < -0.39 is 5.91 Å². The molecule has 29 heavy (non-hydrogen) atoms. The molecule has 1 aliphatic carbocycles. The van der Waals surface area contributed by atoms with Crippen LogP contribution in [0.15, 0.2) is 28.7 Å². The Hall–Kier alpha value is -3.03. The fraction of sp³-hybridized carbons (Fsp3) is 0.476. The Morgan fingerprint density at radius 2 is 1.83 bits per heavy atom. The molecule has 0 saturated heterocycles. The van der Waals surface area contributed by atoms with E-state index >= 15 is 0 Å². The normalized spacial score (nSPS) is 14.4. The molecule has 3 rings (SSSR count). The van der Waals surface area contributed by atoms with Gasteiger partial charge >= 0.3 is 11.9 Å². The highest BCUT2D eigenvalue weighted by atomic mass is 16.3. The molecule has 0 radical (unpaired) electrons. The number of carbonyl (C=O) groups excluding carboxylic acids is 3. The summed E-state index contributed by atoms with van der Waals surface area (Å²) in [5.74, 6) is -0.661. The van der Waals surface area contributed by atoms with Gasteiger partial charge in [0, 0.05) is 30.0 Å². The second-order valence-corrected chi connectivity index (χ2v) is 7.39. The van der Waals surface area contributed by atoms with E-state index in [-0.39, 0.29) is 30.2 Å². The van der Waals surface area contributed by atoms with E-state index in [1.807, 2.05) is 18.2 Å². The number of carbonyl (C=O) groups is 3. The summed E-state index contributed by atoms with van der Waals surface area (Å²) >= 11 is 0. The number of amides is 4. The molecule has 156 valence electrons. The Labute approximate surface area is 169 Å². The van der Waals surface area contributed by atoms with Crippen LogP contribution in [0.5, 0.6) is 0 Å². The molecular weight excluding hydrogens is 372 g/mol. The molecule has 1 fully saturated rings. The van der Waals surface area contributed by atoms with Gasteiger partial charge in [0.05, 0.1) is 0 Å². The van der Waals surface area contributed by atoms with Gasteiger partial charge in [-0.3, -0.25) is 20.4 Å². The number of hydrazine groups is 1. The minimum absolute atomic E-state index is 0.174. The summed E-state index contributed by atoms with van der Waals surface area (Å²) in [6.45, 7) is 2.19. The monoisotopic (exact) mass is 400 g/mol. The third-order valence-electron chi connectivity index (χ3n) is 5.17.